The lowest BCUT2D eigenvalue weighted by Crippen LogP contribution is -2.24. The van der Waals surface area contributed by atoms with Crippen molar-refractivity contribution in [1.29, 1.82) is 0 Å². The largest absolute Gasteiger partial charge is 0.363 e. The number of benzene rings is 1. The van der Waals surface area contributed by atoms with E-state index >= 15 is 0 Å². The van der Waals surface area contributed by atoms with Gasteiger partial charge in [-0.25, -0.2) is 0 Å². The number of fused-ring (bicyclic) bond motifs is 1. The van der Waals surface area contributed by atoms with Gasteiger partial charge in [0, 0.05) is 12.0 Å². The Morgan fingerprint density at radius 2 is 2.29 bits per heavy atom. The van der Waals surface area contributed by atoms with Crippen molar-refractivity contribution in [2.45, 2.75) is 19.1 Å². The summed E-state index contributed by atoms with van der Waals surface area (Å²) in [6, 6.07) is 5.56. The van der Waals surface area contributed by atoms with E-state index in [1.807, 2.05) is 25.1 Å². The summed E-state index contributed by atoms with van der Waals surface area (Å²) in [7, 11) is 0. The van der Waals surface area contributed by atoms with Gasteiger partial charge in [0.05, 0.1) is 0 Å². The summed E-state index contributed by atoms with van der Waals surface area (Å²) in [5, 5.41) is 12.7. The van der Waals surface area contributed by atoms with Crippen LogP contribution in [-0.4, -0.2) is 5.11 Å². The van der Waals surface area contributed by atoms with Gasteiger partial charge in [-0.05, 0) is 17.7 Å². The highest BCUT2D eigenvalue weighted by molar-refractivity contribution is 5.59. The Labute approximate surface area is 82.0 Å². The summed E-state index contributed by atoms with van der Waals surface area (Å²) < 4.78 is 0. The topological polar surface area (TPSA) is 49.7 Å². The predicted octanol–water partition coefficient (Wildman–Crippen LogP) is 2.32. The number of nitrogens with zero attached hydrogens (tertiary/aromatic N) is 1. The average molecular weight is 189 g/mol. The molecule has 1 aliphatic rings. The van der Waals surface area contributed by atoms with E-state index in [2.05, 4.69) is 5.18 Å². The van der Waals surface area contributed by atoms with Crippen LogP contribution in [0.15, 0.2) is 29.5 Å². The smallest absolute Gasteiger partial charge is 0.227 e. The molecule has 0 fully saturated rings. The van der Waals surface area contributed by atoms with E-state index in [1.165, 1.54) is 0 Å². The molecule has 0 aromatic heterocycles. The molecule has 1 aromatic carbocycles. The molecular formula is C11H11NO2. The lowest BCUT2D eigenvalue weighted by atomic mass is 9.89. The molecule has 1 N–H and O–H groups in total. The third kappa shape index (κ3) is 1.26. The fourth-order valence-corrected chi connectivity index (χ4v) is 1.73. The highest BCUT2D eigenvalue weighted by Crippen LogP contribution is 2.34. The maximum Gasteiger partial charge on any atom is 0.227 e. The van der Waals surface area contributed by atoms with Crippen LogP contribution < -0.4 is 0 Å². The average Bonchev–Trinajstić information content (AvgIpc) is 2.18. The van der Waals surface area contributed by atoms with E-state index in [4.69, 9.17) is 0 Å². The molecule has 2 rings (SSSR count). The summed E-state index contributed by atoms with van der Waals surface area (Å²) in [5.74, 6) is 0. The number of hydrogen-bond acceptors (Lipinski definition) is 3. The van der Waals surface area contributed by atoms with Gasteiger partial charge in [0.1, 0.15) is 0 Å². The molecule has 0 heterocycles. The van der Waals surface area contributed by atoms with Crippen LogP contribution in [0.2, 0.25) is 0 Å². The van der Waals surface area contributed by atoms with Crippen LogP contribution in [0.25, 0.3) is 6.08 Å². The SMILES string of the molecule is Cc1ccc2c(c1)C=CCC2(O)N=O. The van der Waals surface area contributed by atoms with E-state index in [9.17, 15) is 10.0 Å². The second kappa shape index (κ2) is 3.03. The summed E-state index contributed by atoms with van der Waals surface area (Å²) in [6.07, 6.45) is 3.93. The first-order valence-corrected chi connectivity index (χ1v) is 4.50. The Morgan fingerprint density at radius 1 is 1.50 bits per heavy atom. The molecular weight excluding hydrogens is 178 g/mol. The third-order valence-corrected chi connectivity index (χ3v) is 2.49. The first-order chi connectivity index (χ1) is 6.65. The van der Waals surface area contributed by atoms with Gasteiger partial charge in [0.15, 0.2) is 0 Å². The minimum atomic E-state index is -1.57. The fraction of sp³-hybridized carbons (Fsp3) is 0.273. The second-order valence-corrected chi connectivity index (χ2v) is 3.61. The first kappa shape index (κ1) is 9.09. The molecule has 0 spiro atoms. The first-order valence-electron chi connectivity index (χ1n) is 4.50. The lowest BCUT2D eigenvalue weighted by Gasteiger charge is -2.24. The zero-order chi connectivity index (χ0) is 10.2. The number of hydrogen-bond donors (Lipinski definition) is 1. The molecule has 1 unspecified atom stereocenters. The van der Waals surface area contributed by atoms with Crippen molar-refractivity contribution in [2.75, 3.05) is 0 Å². The Morgan fingerprint density at radius 3 is 3.00 bits per heavy atom. The number of aryl methyl sites for hydroxylation is 1. The van der Waals surface area contributed by atoms with Crippen LogP contribution in [0.3, 0.4) is 0 Å². The van der Waals surface area contributed by atoms with Crippen molar-refractivity contribution in [3.05, 3.63) is 45.9 Å². The van der Waals surface area contributed by atoms with Crippen LogP contribution in [0.4, 0.5) is 0 Å². The van der Waals surface area contributed by atoms with Gasteiger partial charge in [-0.1, -0.05) is 35.9 Å². The van der Waals surface area contributed by atoms with Gasteiger partial charge in [0.25, 0.3) is 0 Å². The number of rotatable bonds is 1. The Kier molecular flexibility index (Phi) is 1.97. The Bertz CT molecular complexity index is 412. The third-order valence-electron chi connectivity index (χ3n) is 2.49. The van der Waals surface area contributed by atoms with Crippen LogP contribution >= 0.6 is 0 Å². The van der Waals surface area contributed by atoms with Crippen molar-refractivity contribution in [3.63, 3.8) is 0 Å². The van der Waals surface area contributed by atoms with E-state index in [1.54, 1.807) is 12.1 Å². The molecule has 72 valence electrons. The molecule has 0 saturated carbocycles. The van der Waals surface area contributed by atoms with Gasteiger partial charge in [0.2, 0.25) is 5.72 Å². The van der Waals surface area contributed by atoms with Gasteiger partial charge >= 0.3 is 0 Å². The highest BCUT2D eigenvalue weighted by atomic mass is 16.4. The fourth-order valence-electron chi connectivity index (χ4n) is 1.73. The van der Waals surface area contributed by atoms with Gasteiger partial charge in [-0.15, -0.1) is 4.91 Å². The molecule has 1 aromatic rings. The van der Waals surface area contributed by atoms with Crippen LogP contribution in [-0.2, 0) is 5.72 Å². The molecule has 3 heteroatoms. The van der Waals surface area contributed by atoms with Gasteiger partial charge in [-0.2, -0.15) is 0 Å². The number of nitroso groups, excluding NO2 is 1. The van der Waals surface area contributed by atoms with Crippen LogP contribution in [0.1, 0.15) is 23.1 Å². The zero-order valence-corrected chi connectivity index (χ0v) is 7.90. The zero-order valence-electron chi connectivity index (χ0n) is 7.90. The summed E-state index contributed by atoms with van der Waals surface area (Å²) in [4.78, 5) is 10.6. The molecule has 0 bridgehead atoms. The van der Waals surface area contributed by atoms with E-state index in [0.29, 0.717) is 5.56 Å². The van der Waals surface area contributed by atoms with Crippen LogP contribution in [0.5, 0.6) is 0 Å². The molecule has 1 aliphatic carbocycles. The predicted molar refractivity (Wildman–Crippen MR) is 54.5 cm³/mol. The van der Waals surface area contributed by atoms with E-state index < -0.39 is 5.72 Å². The highest BCUT2D eigenvalue weighted by Gasteiger charge is 2.33. The minimum Gasteiger partial charge on any atom is -0.363 e. The molecule has 0 saturated heterocycles. The maximum atomic E-state index is 10.6. The molecule has 1 atom stereocenters. The van der Waals surface area contributed by atoms with Crippen molar-refractivity contribution in [2.24, 2.45) is 5.18 Å². The molecule has 14 heavy (non-hydrogen) atoms. The molecule has 3 nitrogen and oxygen atoms in total. The summed E-state index contributed by atoms with van der Waals surface area (Å²) >= 11 is 0. The van der Waals surface area contributed by atoms with Gasteiger partial charge in [-0.3, -0.25) is 0 Å². The summed E-state index contributed by atoms with van der Waals surface area (Å²) in [5.41, 5.74) is 1.00. The molecule has 0 amide bonds. The van der Waals surface area contributed by atoms with Crippen molar-refractivity contribution in [3.8, 4) is 0 Å². The monoisotopic (exact) mass is 189 g/mol. The normalized spacial score (nSPS) is 24.4. The second-order valence-electron chi connectivity index (χ2n) is 3.61. The van der Waals surface area contributed by atoms with Crippen LogP contribution in [0, 0.1) is 11.8 Å². The van der Waals surface area contributed by atoms with Crippen molar-refractivity contribution >= 4 is 6.08 Å². The minimum absolute atomic E-state index is 0.257. The Hall–Kier alpha value is -1.48. The van der Waals surface area contributed by atoms with Crippen molar-refractivity contribution < 1.29 is 5.11 Å². The molecule has 0 radical (unpaired) electrons. The Balaban J connectivity index is 2.62. The van der Waals surface area contributed by atoms with E-state index in [-0.39, 0.29) is 6.42 Å². The van der Waals surface area contributed by atoms with Gasteiger partial charge < -0.3 is 5.11 Å². The summed E-state index contributed by atoms with van der Waals surface area (Å²) in [6.45, 7) is 1.97. The quantitative estimate of drug-likeness (QED) is 0.689. The maximum absolute atomic E-state index is 10.6. The van der Waals surface area contributed by atoms with E-state index in [0.717, 1.165) is 11.1 Å². The van der Waals surface area contributed by atoms with Crippen molar-refractivity contribution in [1.82, 2.24) is 0 Å². The number of aliphatic hydroxyl groups is 1. The standard InChI is InChI=1S/C11H11NO2/c1-8-4-5-10-9(7-8)3-2-6-11(10,13)12-14/h2-5,7,13H,6H2,1H3. The lowest BCUT2D eigenvalue weighted by molar-refractivity contribution is 0.0464. The molecule has 0 aliphatic heterocycles.